The quantitative estimate of drug-likeness (QED) is 0.839. The Balaban J connectivity index is 2.06. The average Bonchev–Trinajstić information content (AvgIpc) is 2.32. The molecule has 2 rings (SSSR count). The number of aliphatic hydroxyl groups is 1. The molecule has 0 bridgehead atoms. The minimum absolute atomic E-state index is 0.0382. The Kier molecular flexibility index (Phi) is 4.09. The van der Waals surface area contributed by atoms with Crippen molar-refractivity contribution in [2.24, 2.45) is 0 Å². The van der Waals surface area contributed by atoms with Crippen LogP contribution in [0.5, 0.6) is 0 Å². The number of aromatic nitrogens is 1. The highest BCUT2D eigenvalue weighted by Gasteiger charge is 2.28. The average molecular weight is 234 g/mol. The lowest BCUT2D eigenvalue weighted by Gasteiger charge is -2.37. The zero-order valence-electron chi connectivity index (χ0n) is 9.88. The van der Waals surface area contributed by atoms with Gasteiger partial charge in [-0.25, -0.2) is 0 Å². The molecule has 1 aliphatic rings. The third-order valence-corrected chi connectivity index (χ3v) is 3.24. The van der Waals surface area contributed by atoms with E-state index >= 15 is 0 Å². The van der Waals surface area contributed by atoms with Gasteiger partial charge in [-0.05, 0) is 37.8 Å². The van der Waals surface area contributed by atoms with E-state index in [1.165, 1.54) is 6.42 Å². The second-order valence-electron chi connectivity index (χ2n) is 4.40. The number of hydrogen-bond donors (Lipinski definition) is 1. The van der Waals surface area contributed by atoms with Gasteiger partial charge in [-0.3, -0.25) is 9.78 Å². The molecule has 0 aromatic carbocycles. The zero-order chi connectivity index (χ0) is 12.1. The van der Waals surface area contributed by atoms with Crippen LogP contribution in [-0.4, -0.2) is 40.1 Å². The van der Waals surface area contributed by atoms with Crippen molar-refractivity contribution in [1.29, 1.82) is 0 Å². The molecular formula is C13H18N2O2. The van der Waals surface area contributed by atoms with E-state index in [4.69, 9.17) is 5.11 Å². The summed E-state index contributed by atoms with van der Waals surface area (Å²) in [7, 11) is 0. The van der Waals surface area contributed by atoms with Crippen LogP contribution in [0.15, 0.2) is 24.5 Å². The number of nitrogens with zero attached hydrogens (tertiary/aromatic N) is 2. The van der Waals surface area contributed by atoms with E-state index in [2.05, 4.69) is 4.98 Å². The molecular weight excluding hydrogens is 216 g/mol. The molecule has 1 N–H and O–H groups in total. The van der Waals surface area contributed by atoms with Gasteiger partial charge >= 0.3 is 0 Å². The van der Waals surface area contributed by atoms with Gasteiger partial charge in [0.1, 0.15) is 0 Å². The van der Waals surface area contributed by atoms with Gasteiger partial charge in [0, 0.05) is 31.6 Å². The third kappa shape index (κ3) is 2.82. The van der Waals surface area contributed by atoms with Gasteiger partial charge in [0.25, 0.3) is 5.91 Å². The van der Waals surface area contributed by atoms with Crippen LogP contribution in [0.2, 0.25) is 0 Å². The topological polar surface area (TPSA) is 53.4 Å². The van der Waals surface area contributed by atoms with Crippen molar-refractivity contribution in [1.82, 2.24) is 9.88 Å². The summed E-state index contributed by atoms with van der Waals surface area (Å²) in [6.07, 6.45) is 7.27. The Bertz CT molecular complexity index is 363. The number of amides is 1. The van der Waals surface area contributed by atoms with Gasteiger partial charge in [0.2, 0.25) is 0 Å². The normalized spacial score (nSPS) is 15.4. The van der Waals surface area contributed by atoms with Crippen LogP contribution >= 0.6 is 0 Å². The molecule has 1 aliphatic carbocycles. The summed E-state index contributed by atoms with van der Waals surface area (Å²) in [4.78, 5) is 18.1. The fourth-order valence-corrected chi connectivity index (χ4v) is 2.04. The molecule has 0 atom stereocenters. The molecule has 0 aliphatic heterocycles. The molecule has 4 nitrogen and oxygen atoms in total. The fourth-order valence-electron chi connectivity index (χ4n) is 2.04. The van der Waals surface area contributed by atoms with Gasteiger partial charge in [0.15, 0.2) is 0 Å². The van der Waals surface area contributed by atoms with Crippen molar-refractivity contribution < 1.29 is 9.90 Å². The summed E-state index contributed by atoms with van der Waals surface area (Å²) < 4.78 is 0. The molecule has 1 amide bonds. The first-order valence-electron chi connectivity index (χ1n) is 6.15. The van der Waals surface area contributed by atoms with Gasteiger partial charge in [0.05, 0.1) is 5.56 Å². The molecule has 1 fully saturated rings. The largest absolute Gasteiger partial charge is 0.396 e. The molecule has 92 valence electrons. The van der Waals surface area contributed by atoms with Crippen LogP contribution in [0.1, 0.15) is 36.0 Å². The van der Waals surface area contributed by atoms with Crippen molar-refractivity contribution >= 4 is 5.91 Å². The summed E-state index contributed by atoms with van der Waals surface area (Å²) in [5.41, 5.74) is 0.636. The molecule has 1 aromatic rings. The van der Waals surface area contributed by atoms with Crippen molar-refractivity contribution in [3.8, 4) is 0 Å². The molecule has 0 unspecified atom stereocenters. The molecule has 1 heterocycles. The number of aliphatic hydroxyl groups excluding tert-OH is 1. The predicted molar refractivity (Wildman–Crippen MR) is 64.6 cm³/mol. The summed E-state index contributed by atoms with van der Waals surface area (Å²) >= 11 is 0. The lowest BCUT2D eigenvalue weighted by molar-refractivity contribution is 0.0562. The van der Waals surface area contributed by atoms with E-state index in [9.17, 15) is 4.79 Å². The smallest absolute Gasteiger partial charge is 0.255 e. The van der Waals surface area contributed by atoms with Crippen LogP contribution in [0.25, 0.3) is 0 Å². The summed E-state index contributed by atoms with van der Waals surface area (Å²) in [6, 6.07) is 3.92. The first-order valence-corrected chi connectivity index (χ1v) is 6.15. The molecule has 0 spiro atoms. The van der Waals surface area contributed by atoms with Gasteiger partial charge < -0.3 is 10.0 Å². The van der Waals surface area contributed by atoms with Gasteiger partial charge in [-0.2, -0.15) is 0 Å². The lowest BCUT2D eigenvalue weighted by atomic mass is 9.91. The van der Waals surface area contributed by atoms with Gasteiger partial charge in [-0.1, -0.05) is 0 Å². The maximum Gasteiger partial charge on any atom is 0.255 e. The molecule has 0 radical (unpaired) electrons. The van der Waals surface area contributed by atoms with Crippen LogP contribution in [0.3, 0.4) is 0 Å². The number of rotatable bonds is 5. The van der Waals surface area contributed by atoms with Crippen molar-refractivity contribution in [2.45, 2.75) is 31.7 Å². The number of hydrogen-bond acceptors (Lipinski definition) is 3. The van der Waals surface area contributed by atoms with Crippen LogP contribution in [0.4, 0.5) is 0 Å². The maximum atomic E-state index is 12.3. The molecule has 0 saturated heterocycles. The minimum atomic E-state index is 0.0382. The summed E-state index contributed by atoms with van der Waals surface area (Å²) in [6.45, 7) is 0.762. The summed E-state index contributed by atoms with van der Waals surface area (Å²) in [5, 5.41) is 8.89. The number of pyridine rings is 1. The third-order valence-electron chi connectivity index (χ3n) is 3.24. The Morgan fingerprint density at radius 1 is 1.53 bits per heavy atom. The Morgan fingerprint density at radius 2 is 2.35 bits per heavy atom. The first-order chi connectivity index (χ1) is 8.33. The molecule has 1 saturated carbocycles. The number of carbonyl (C=O) groups excluding carboxylic acids is 1. The second-order valence-corrected chi connectivity index (χ2v) is 4.40. The van der Waals surface area contributed by atoms with E-state index in [0.29, 0.717) is 24.6 Å². The Labute approximate surface area is 101 Å². The molecule has 17 heavy (non-hydrogen) atoms. The van der Waals surface area contributed by atoms with E-state index in [1.807, 2.05) is 4.90 Å². The zero-order valence-corrected chi connectivity index (χ0v) is 9.88. The minimum Gasteiger partial charge on any atom is -0.396 e. The second kappa shape index (κ2) is 5.77. The Hall–Kier alpha value is -1.42. The van der Waals surface area contributed by atoms with E-state index < -0.39 is 0 Å². The molecule has 1 aromatic heterocycles. The predicted octanol–water partition coefficient (Wildman–Crippen LogP) is 1.46. The highest BCUT2D eigenvalue weighted by molar-refractivity contribution is 5.94. The maximum absolute atomic E-state index is 12.3. The van der Waals surface area contributed by atoms with E-state index in [0.717, 1.165) is 12.8 Å². The Morgan fingerprint density at radius 3 is 2.88 bits per heavy atom. The highest BCUT2D eigenvalue weighted by Crippen LogP contribution is 2.26. The SMILES string of the molecule is O=C(c1cccnc1)N(CCCO)C1CCC1. The van der Waals surface area contributed by atoms with Crippen LogP contribution in [-0.2, 0) is 0 Å². The van der Waals surface area contributed by atoms with E-state index in [-0.39, 0.29) is 12.5 Å². The van der Waals surface area contributed by atoms with Gasteiger partial charge in [-0.15, -0.1) is 0 Å². The fraction of sp³-hybridized carbons (Fsp3) is 0.538. The first kappa shape index (κ1) is 12.0. The lowest BCUT2D eigenvalue weighted by Crippen LogP contribution is -2.45. The highest BCUT2D eigenvalue weighted by atomic mass is 16.3. The van der Waals surface area contributed by atoms with Crippen LogP contribution < -0.4 is 0 Å². The standard InChI is InChI=1S/C13H18N2O2/c16-9-3-8-15(12-5-1-6-12)13(17)11-4-2-7-14-10-11/h2,4,7,10,12,16H,1,3,5-6,8-9H2. The van der Waals surface area contributed by atoms with Crippen LogP contribution in [0, 0.1) is 0 Å². The van der Waals surface area contributed by atoms with Crippen molar-refractivity contribution in [3.05, 3.63) is 30.1 Å². The summed E-state index contributed by atoms with van der Waals surface area (Å²) in [5.74, 6) is 0.0382. The van der Waals surface area contributed by atoms with E-state index in [1.54, 1.807) is 24.5 Å². The number of carbonyl (C=O) groups is 1. The van der Waals surface area contributed by atoms with Crippen molar-refractivity contribution in [3.63, 3.8) is 0 Å². The van der Waals surface area contributed by atoms with Crippen molar-refractivity contribution in [2.75, 3.05) is 13.2 Å². The monoisotopic (exact) mass is 234 g/mol. The molecule has 4 heteroatoms.